The monoisotopic (exact) mass is 240 g/mol. The average Bonchev–Trinajstić information content (AvgIpc) is 2.28. The van der Waals surface area contributed by atoms with Gasteiger partial charge in [0.2, 0.25) is 0 Å². The molecule has 1 heterocycles. The van der Waals surface area contributed by atoms with Crippen molar-refractivity contribution in [1.82, 2.24) is 0 Å². The molecule has 94 valence electrons. The van der Waals surface area contributed by atoms with Crippen LogP contribution in [-0.4, -0.2) is 26.9 Å². The average molecular weight is 240 g/mol. The molecule has 4 N–H and O–H groups in total. The van der Waals surface area contributed by atoms with Gasteiger partial charge in [0.25, 0.3) is 0 Å². The second-order valence-corrected chi connectivity index (χ2v) is 4.43. The minimum atomic E-state index is -0.409. The molecule has 0 radical (unpaired) electrons. The van der Waals surface area contributed by atoms with Crippen LogP contribution < -0.4 is 16.2 Å². The number of methoxy groups -OCH3 is 1. The van der Waals surface area contributed by atoms with Crippen molar-refractivity contribution in [3.05, 3.63) is 29.6 Å². The van der Waals surface area contributed by atoms with Gasteiger partial charge in [-0.1, -0.05) is 6.07 Å². The van der Waals surface area contributed by atoms with Gasteiger partial charge in [-0.25, -0.2) is 4.39 Å². The SMILES string of the molecule is COc1ccc(C(N)C2(CN)COC2)cc1F. The van der Waals surface area contributed by atoms with E-state index in [2.05, 4.69) is 0 Å². The zero-order chi connectivity index (χ0) is 12.5. The molecule has 1 aromatic carbocycles. The zero-order valence-corrected chi connectivity index (χ0v) is 9.78. The maximum atomic E-state index is 13.6. The summed E-state index contributed by atoms with van der Waals surface area (Å²) in [6.45, 7) is 1.48. The fourth-order valence-corrected chi connectivity index (χ4v) is 2.02. The van der Waals surface area contributed by atoms with E-state index >= 15 is 0 Å². The molecule has 1 saturated heterocycles. The van der Waals surface area contributed by atoms with E-state index in [1.54, 1.807) is 12.1 Å². The second-order valence-electron chi connectivity index (χ2n) is 4.43. The lowest BCUT2D eigenvalue weighted by Crippen LogP contribution is -2.54. The molecule has 0 aliphatic carbocycles. The number of halogens is 1. The summed E-state index contributed by atoms with van der Waals surface area (Å²) in [4.78, 5) is 0. The quantitative estimate of drug-likeness (QED) is 0.817. The number of nitrogens with two attached hydrogens (primary N) is 2. The number of benzene rings is 1. The van der Waals surface area contributed by atoms with E-state index in [0.29, 0.717) is 19.8 Å². The first kappa shape index (κ1) is 12.3. The molecule has 0 saturated carbocycles. The molecule has 17 heavy (non-hydrogen) atoms. The second kappa shape index (κ2) is 4.60. The summed E-state index contributed by atoms with van der Waals surface area (Å²) >= 11 is 0. The fraction of sp³-hybridized carbons (Fsp3) is 0.500. The maximum Gasteiger partial charge on any atom is 0.165 e. The van der Waals surface area contributed by atoms with Gasteiger partial charge in [0.1, 0.15) is 0 Å². The molecular formula is C12H17FN2O2. The molecule has 4 nitrogen and oxygen atoms in total. The van der Waals surface area contributed by atoms with Crippen LogP contribution in [0.25, 0.3) is 0 Å². The van der Waals surface area contributed by atoms with Gasteiger partial charge in [0.15, 0.2) is 11.6 Å². The van der Waals surface area contributed by atoms with Crippen LogP contribution in [0.4, 0.5) is 4.39 Å². The molecule has 1 atom stereocenters. The van der Waals surface area contributed by atoms with Crippen LogP contribution in [0.1, 0.15) is 11.6 Å². The summed E-state index contributed by atoms with van der Waals surface area (Å²) in [5.41, 5.74) is 12.3. The summed E-state index contributed by atoms with van der Waals surface area (Å²) < 4.78 is 23.6. The number of hydrogen-bond donors (Lipinski definition) is 2. The Labute approximate surface area is 99.7 Å². The van der Waals surface area contributed by atoms with Crippen LogP contribution in [-0.2, 0) is 4.74 Å². The molecular weight excluding hydrogens is 223 g/mol. The third-order valence-electron chi connectivity index (χ3n) is 3.38. The van der Waals surface area contributed by atoms with Crippen LogP contribution in [0.15, 0.2) is 18.2 Å². The largest absolute Gasteiger partial charge is 0.494 e. The lowest BCUT2D eigenvalue weighted by molar-refractivity contribution is -0.121. The molecule has 1 aliphatic rings. The first-order valence-electron chi connectivity index (χ1n) is 5.50. The molecule has 5 heteroatoms. The van der Waals surface area contributed by atoms with Crippen molar-refractivity contribution in [2.45, 2.75) is 6.04 Å². The van der Waals surface area contributed by atoms with E-state index in [9.17, 15) is 4.39 Å². The molecule has 2 rings (SSSR count). The highest BCUT2D eigenvalue weighted by Gasteiger charge is 2.43. The van der Waals surface area contributed by atoms with Gasteiger partial charge in [-0.05, 0) is 17.7 Å². The highest BCUT2D eigenvalue weighted by atomic mass is 19.1. The number of rotatable bonds is 4. The van der Waals surface area contributed by atoms with Gasteiger partial charge in [-0.15, -0.1) is 0 Å². The molecule has 0 aromatic heterocycles. The Kier molecular flexibility index (Phi) is 3.33. The van der Waals surface area contributed by atoms with Gasteiger partial charge < -0.3 is 20.9 Å². The number of hydrogen-bond acceptors (Lipinski definition) is 4. The van der Waals surface area contributed by atoms with Crippen molar-refractivity contribution in [1.29, 1.82) is 0 Å². The minimum Gasteiger partial charge on any atom is -0.494 e. The van der Waals surface area contributed by atoms with Crippen molar-refractivity contribution in [2.24, 2.45) is 16.9 Å². The Morgan fingerprint density at radius 2 is 2.24 bits per heavy atom. The predicted molar refractivity (Wildman–Crippen MR) is 62.2 cm³/mol. The van der Waals surface area contributed by atoms with Crippen molar-refractivity contribution >= 4 is 0 Å². The third kappa shape index (κ3) is 2.01. The fourth-order valence-electron chi connectivity index (χ4n) is 2.02. The summed E-state index contributed by atoms with van der Waals surface area (Å²) in [5, 5.41) is 0. The van der Waals surface area contributed by atoms with E-state index < -0.39 is 5.82 Å². The van der Waals surface area contributed by atoms with Crippen molar-refractivity contribution in [3.8, 4) is 5.75 Å². The molecule has 1 fully saturated rings. The van der Waals surface area contributed by atoms with Crippen molar-refractivity contribution in [2.75, 3.05) is 26.9 Å². The van der Waals surface area contributed by atoms with Gasteiger partial charge in [-0.2, -0.15) is 0 Å². The topological polar surface area (TPSA) is 70.5 Å². The summed E-state index contributed by atoms with van der Waals surface area (Å²) in [6, 6.07) is 4.43. The minimum absolute atomic E-state index is 0.215. The standard InChI is InChI=1S/C12H17FN2O2/c1-16-10-3-2-8(4-9(10)13)11(15)12(5-14)6-17-7-12/h2-4,11H,5-7,14-15H2,1H3. The van der Waals surface area contributed by atoms with Crippen molar-refractivity contribution in [3.63, 3.8) is 0 Å². The molecule has 0 spiro atoms. The lowest BCUT2D eigenvalue weighted by Gasteiger charge is -2.45. The molecule has 0 bridgehead atoms. The van der Waals surface area contributed by atoms with E-state index in [4.69, 9.17) is 20.9 Å². The third-order valence-corrected chi connectivity index (χ3v) is 3.38. The van der Waals surface area contributed by atoms with E-state index in [1.165, 1.54) is 13.2 Å². The van der Waals surface area contributed by atoms with Crippen LogP contribution >= 0.6 is 0 Å². The Morgan fingerprint density at radius 1 is 1.53 bits per heavy atom. The molecule has 0 amide bonds. The first-order chi connectivity index (χ1) is 8.13. The smallest absolute Gasteiger partial charge is 0.165 e. The normalized spacial score (nSPS) is 19.5. The molecule has 1 aliphatic heterocycles. The predicted octanol–water partition coefficient (Wildman–Crippen LogP) is 0.809. The van der Waals surface area contributed by atoms with E-state index in [-0.39, 0.29) is 17.2 Å². The maximum absolute atomic E-state index is 13.6. The van der Waals surface area contributed by atoms with Gasteiger partial charge >= 0.3 is 0 Å². The highest BCUT2D eigenvalue weighted by molar-refractivity contribution is 5.32. The molecule has 1 unspecified atom stereocenters. The van der Waals surface area contributed by atoms with Crippen LogP contribution in [0, 0.1) is 11.2 Å². The van der Waals surface area contributed by atoms with Crippen LogP contribution in [0.5, 0.6) is 5.75 Å². The lowest BCUT2D eigenvalue weighted by atomic mass is 9.75. The van der Waals surface area contributed by atoms with Crippen LogP contribution in [0.3, 0.4) is 0 Å². The molecule has 1 aromatic rings. The Balaban J connectivity index is 2.25. The Hall–Kier alpha value is -1.17. The summed E-state index contributed by atoms with van der Waals surface area (Å²) in [6.07, 6.45) is 0. The summed E-state index contributed by atoms with van der Waals surface area (Å²) in [5.74, 6) is -0.194. The van der Waals surface area contributed by atoms with Gasteiger partial charge in [0.05, 0.1) is 20.3 Å². The van der Waals surface area contributed by atoms with Gasteiger partial charge in [0, 0.05) is 18.0 Å². The van der Waals surface area contributed by atoms with E-state index in [1.807, 2.05) is 0 Å². The van der Waals surface area contributed by atoms with E-state index in [0.717, 1.165) is 5.56 Å². The Morgan fingerprint density at radius 3 is 2.65 bits per heavy atom. The van der Waals surface area contributed by atoms with Crippen LogP contribution in [0.2, 0.25) is 0 Å². The first-order valence-corrected chi connectivity index (χ1v) is 5.50. The summed E-state index contributed by atoms with van der Waals surface area (Å²) in [7, 11) is 1.43. The van der Waals surface area contributed by atoms with Crippen molar-refractivity contribution < 1.29 is 13.9 Å². The Bertz CT molecular complexity index is 402. The zero-order valence-electron chi connectivity index (χ0n) is 9.78. The van der Waals surface area contributed by atoms with Gasteiger partial charge in [-0.3, -0.25) is 0 Å². The highest BCUT2D eigenvalue weighted by Crippen LogP contribution is 2.38. The number of ether oxygens (including phenoxy) is 2.